The Balaban J connectivity index is 0.000000948. The first kappa shape index (κ1) is 19.8. The van der Waals surface area contributed by atoms with Gasteiger partial charge in [0.25, 0.3) is 0 Å². The Bertz CT molecular complexity index is 610. The summed E-state index contributed by atoms with van der Waals surface area (Å²) in [7, 11) is 0. The predicted octanol–water partition coefficient (Wildman–Crippen LogP) is 7.45. The van der Waals surface area contributed by atoms with Crippen molar-refractivity contribution in [1.29, 1.82) is 0 Å². The molecule has 1 heteroatoms. The molecule has 0 aromatic rings. The maximum Gasteiger partial charge on any atom is 0.0962 e. The highest BCUT2D eigenvalue weighted by molar-refractivity contribution is 5.36. The van der Waals surface area contributed by atoms with Crippen molar-refractivity contribution in [1.82, 2.24) is 0 Å². The van der Waals surface area contributed by atoms with Gasteiger partial charge < -0.3 is 4.74 Å². The molecule has 26 heavy (non-hydrogen) atoms. The second kappa shape index (κ2) is 7.56. The monoisotopic (exact) mass is 356 g/mol. The van der Waals surface area contributed by atoms with Gasteiger partial charge in [0.2, 0.25) is 0 Å². The van der Waals surface area contributed by atoms with Crippen LogP contribution in [0.3, 0.4) is 0 Å². The van der Waals surface area contributed by atoms with Crippen LogP contribution in [0.2, 0.25) is 0 Å². The van der Waals surface area contributed by atoms with E-state index in [1.807, 2.05) is 13.8 Å². The summed E-state index contributed by atoms with van der Waals surface area (Å²) in [5.74, 6) is 3.91. The van der Waals surface area contributed by atoms with Gasteiger partial charge in [0.05, 0.1) is 12.4 Å². The molecule has 4 aliphatic rings. The third kappa shape index (κ3) is 2.90. The summed E-state index contributed by atoms with van der Waals surface area (Å²) in [5.41, 5.74) is 4.24. The summed E-state index contributed by atoms with van der Waals surface area (Å²) < 4.78 is 5.84. The highest BCUT2D eigenvalue weighted by Crippen LogP contribution is 2.65. The molecule has 0 spiro atoms. The minimum atomic E-state index is 0.392. The Labute approximate surface area is 162 Å². The van der Waals surface area contributed by atoms with Crippen molar-refractivity contribution in [2.45, 2.75) is 86.5 Å². The molecule has 0 radical (unpaired) electrons. The van der Waals surface area contributed by atoms with Crippen LogP contribution in [0.4, 0.5) is 0 Å². The number of allylic oxidation sites excluding steroid dienone is 6. The van der Waals surface area contributed by atoms with Crippen LogP contribution < -0.4 is 0 Å². The molecule has 146 valence electrons. The topological polar surface area (TPSA) is 9.23 Å². The van der Waals surface area contributed by atoms with Crippen molar-refractivity contribution in [2.75, 3.05) is 6.61 Å². The summed E-state index contributed by atoms with van der Waals surface area (Å²) in [4.78, 5) is 0. The molecule has 0 N–H and O–H groups in total. The lowest BCUT2D eigenvalue weighted by molar-refractivity contribution is -0.00881. The number of rotatable bonds is 2. The van der Waals surface area contributed by atoms with Gasteiger partial charge in [-0.25, -0.2) is 0 Å². The van der Waals surface area contributed by atoms with Crippen molar-refractivity contribution in [3.8, 4) is 0 Å². The first-order valence-electron chi connectivity index (χ1n) is 11.2. The summed E-state index contributed by atoms with van der Waals surface area (Å²) >= 11 is 0. The van der Waals surface area contributed by atoms with Crippen molar-refractivity contribution in [3.05, 3.63) is 35.1 Å². The molecule has 4 unspecified atom stereocenters. The molecule has 0 aromatic heterocycles. The van der Waals surface area contributed by atoms with E-state index in [1.54, 1.807) is 11.1 Å². The number of hydrogen-bond acceptors (Lipinski definition) is 1. The van der Waals surface area contributed by atoms with Gasteiger partial charge in [0, 0.05) is 6.42 Å². The normalized spacial score (nSPS) is 42.5. The van der Waals surface area contributed by atoms with Crippen LogP contribution in [0.5, 0.6) is 0 Å². The Morgan fingerprint density at radius 3 is 2.50 bits per heavy atom. The Morgan fingerprint density at radius 2 is 1.81 bits per heavy atom. The third-order valence-electron chi connectivity index (χ3n) is 8.26. The molecule has 1 nitrogen and oxygen atoms in total. The average molecular weight is 357 g/mol. The first-order valence-corrected chi connectivity index (χ1v) is 11.2. The van der Waals surface area contributed by atoms with E-state index in [1.165, 1.54) is 44.3 Å². The Kier molecular flexibility index (Phi) is 5.75. The molecule has 0 aromatic carbocycles. The zero-order chi connectivity index (χ0) is 18.9. The zero-order valence-electron chi connectivity index (χ0n) is 18.0. The lowest BCUT2D eigenvalue weighted by atomic mass is 9.48. The minimum Gasteiger partial charge on any atom is -0.498 e. The van der Waals surface area contributed by atoms with Gasteiger partial charge in [-0.05, 0) is 92.6 Å². The first-order chi connectivity index (χ1) is 12.5. The lowest BCUT2D eigenvalue weighted by Crippen LogP contribution is -2.48. The van der Waals surface area contributed by atoms with E-state index in [0.717, 1.165) is 30.8 Å². The highest BCUT2D eigenvalue weighted by Gasteiger charge is 2.56. The molecule has 0 aliphatic heterocycles. The largest absolute Gasteiger partial charge is 0.498 e. The smallest absolute Gasteiger partial charge is 0.0962 e. The standard InChI is InChI=1S/C23H34O.C2H6/c1-5-16-8-10-20-19-9-7-17-15-18(24-6-2)11-13-23(17,4)21(19)12-14-22(16,20)3;1-2/h5,7,15,19-21H,6,8-14H2,1-4H3;1-2H3/b16-5-;/t19?,20?,21?,22-,23?;/m1./s1. The molecule has 4 aliphatic carbocycles. The predicted molar refractivity (Wildman–Crippen MR) is 112 cm³/mol. The minimum absolute atomic E-state index is 0.392. The summed E-state index contributed by atoms with van der Waals surface area (Å²) in [6.07, 6.45) is 16.7. The van der Waals surface area contributed by atoms with Crippen LogP contribution in [0.25, 0.3) is 0 Å². The zero-order valence-corrected chi connectivity index (χ0v) is 18.0. The van der Waals surface area contributed by atoms with Gasteiger partial charge in [-0.1, -0.05) is 45.4 Å². The molecule has 5 atom stereocenters. The van der Waals surface area contributed by atoms with Crippen LogP contribution in [-0.4, -0.2) is 6.61 Å². The van der Waals surface area contributed by atoms with Gasteiger partial charge in [0.1, 0.15) is 0 Å². The maximum atomic E-state index is 5.84. The van der Waals surface area contributed by atoms with E-state index in [0.29, 0.717) is 10.8 Å². The van der Waals surface area contributed by atoms with Crippen LogP contribution >= 0.6 is 0 Å². The van der Waals surface area contributed by atoms with Crippen LogP contribution in [0.15, 0.2) is 35.1 Å². The van der Waals surface area contributed by atoms with Crippen molar-refractivity contribution in [3.63, 3.8) is 0 Å². The molecule has 4 rings (SSSR count). The molecule has 0 bridgehead atoms. The second-order valence-electron chi connectivity index (χ2n) is 9.04. The van der Waals surface area contributed by atoms with Gasteiger partial charge in [-0.15, -0.1) is 0 Å². The fraction of sp³-hybridized carbons (Fsp3) is 0.760. The van der Waals surface area contributed by atoms with Gasteiger partial charge in [0.15, 0.2) is 0 Å². The van der Waals surface area contributed by atoms with Crippen LogP contribution in [0.1, 0.15) is 86.5 Å². The van der Waals surface area contributed by atoms with Gasteiger partial charge in [-0.2, -0.15) is 0 Å². The number of fused-ring (bicyclic) bond motifs is 5. The molecular formula is C25H40O. The van der Waals surface area contributed by atoms with E-state index >= 15 is 0 Å². The van der Waals surface area contributed by atoms with Crippen LogP contribution in [0, 0.1) is 28.6 Å². The quantitative estimate of drug-likeness (QED) is 0.467. The van der Waals surface area contributed by atoms with E-state index < -0.39 is 0 Å². The van der Waals surface area contributed by atoms with Crippen LogP contribution in [-0.2, 0) is 4.74 Å². The van der Waals surface area contributed by atoms with Gasteiger partial charge in [-0.3, -0.25) is 0 Å². The van der Waals surface area contributed by atoms with Crippen molar-refractivity contribution in [2.24, 2.45) is 28.6 Å². The van der Waals surface area contributed by atoms with Crippen molar-refractivity contribution < 1.29 is 4.74 Å². The molecule has 2 saturated carbocycles. The summed E-state index contributed by atoms with van der Waals surface area (Å²) in [6, 6.07) is 0. The van der Waals surface area contributed by atoms with E-state index in [2.05, 4.69) is 45.9 Å². The molecule has 0 saturated heterocycles. The SMILES string of the molecule is C/C=C1/CCC2C3CC=C4C=C(OCC)CCC4(C)C3CC[C@]12C.CC. The molecule has 0 amide bonds. The van der Waals surface area contributed by atoms with Crippen molar-refractivity contribution >= 4 is 0 Å². The fourth-order valence-corrected chi connectivity index (χ4v) is 6.92. The summed E-state index contributed by atoms with van der Waals surface area (Å²) in [6.45, 7) is 14.3. The Morgan fingerprint density at radius 1 is 1.08 bits per heavy atom. The number of ether oxygens (including phenoxy) is 1. The third-order valence-corrected chi connectivity index (χ3v) is 8.26. The molecule has 0 heterocycles. The average Bonchev–Trinajstić information content (AvgIpc) is 3.00. The fourth-order valence-electron chi connectivity index (χ4n) is 6.92. The van der Waals surface area contributed by atoms with E-state index in [9.17, 15) is 0 Å². The lowest BCUT2D eigenvalue weighted by Gasteiger charge is -2.56. The van der Waals surface area contributed by atoms with E-state index in [-0.39, 0.29) is 0 Å². The Hall–Kier alpha value is -0.980. The maximum absolute atomic E-state index is 5.84. The summed E-state index contributed by atoms with van der Waals surface area (Å²) in [5, 5.41) is 0. The number of hydrogen-bond donors (Lipinski definition) is 0. The van der Waals surface area contributed by atoms with E-state index in [4.69, 9.17) is 4.74 Å². The van der Waals surface area contributed by atoms with Gasteiger partial charge >= 0.3 is 0 Å². The molecule has 2 fully saturated rings. The second-order valence-corrected chi connectivity index (χ2v) is 9.04. The molecular weight excluding hydrogens is 316 g/mol. The highest BCUT2D eigenvalue weighted by atomic mass is 16.5.